The second-order valence-electron chi connectivity index (χ2n) is 6.08. The fourth-order valence-electron chi connectivity index (χ4n) is 3.64. The monoisotopic (exact) mass is 267 g/mol. The first-order chi connectivity index (χ1) is 9.11. The smallest absolute Gasteiger partial charge is 0.307 e. The third-order valence-electron chi connectivity index (χ3n) is 4.87. The molecule has 0 aromatic rings. The van der Waals surface area contributed by atoms with Crippen molar-refractivity contribution in [3.63, 3.8) is 0 Å². The highest BCUT2D eigenvalue weighted by molar-refractivity contribution is 5.85. The quantitative estimate of drug-likeness (QED) is 0.800. The van der Waals surface area contributed by atoms with Crippen molar-refractivity contribution in [1.82, 2.24) is 4.90 Å². The second kappa shape index (κ2) is 6.40. The lowest BCUT2D eigenvalue weighted by atomic mass is 9.93. The van der Waals surface area contributed by atoms with Crippen molar-refractivity contribution in [2.24, 2.45) is 11.8 Å². The lowest BCUT2D eigenvalue weighted by Crippen LogP contribution is -2.42. The van der Waals surface area contributed by atoms with Crippen molar-refractivity contribution in [3.05, 3.63) is 0 Å². The van der Waals surface area contributed by atoms with Gasteiger partial charge in [-0.15, -0.1) is 0 Å². The van der Waals surface area contributed by atoms with E-state index in [0.29, 0.717) is 12.5 Å². The lowest BCUT2D eigenvalue weighted by molar-refractivity contribution is -0.149. The number of hydrogen-bond donors (Lipinski definition) is 1. The molecule has 0 aromatic carbocycles. The van der Waals surface area contributed by atoms with E-state index in [1.165, 1.54) is 25.7 Å². The molecule has 108 valence electrons. The number of carbonyl (C=O) groups is 2. The SMILES string of the molecule is CN(C(=O)[C@@H]1CCC[C@@H]1C(=O)O)C1CCCCCC1. The Labute approximate surface area is 115 Å². The van der Waals surface area contributed by atoms with Crippen LogP contribution in [0.3, 0.4) is 0 Å². The van der Waals surface area contributed by atoms with Gasteiger partial charge in [-0.1, -0.05) is 32.1 Å². The summed E-state index contributed by atoms with van der Waals surface area (Å²) in [5, 5.41) is 9.20. The molecule has 0 saturated heterocycles. The van der Waals surface area contributed by atoms with E-state index in [9.17, 15) is 14.7 Å². The summed E-state index contributed by atoms with van der Waals surface area (Å²) in [7, 11) is 1.87. The summed E-state index contributed by atoms with van der Waals surface area (Å²) in [6.07, 6.45) is 9.33. The lowest BCUT2D eigenvalue weighted by Gasteiger charge is -2.30. The molecule has 0 spiro atoms. The molecule has 0 heterocycles. The van der Waals surface area contributed by atoms with Crippen molar-refractivity contribution < 1.29 is 14.7 Å². The number of hydrogen-bond acceptors (Lipinski definition) is 2. The number of aliphatic carboxylic acids is 1. The topological polar surface area (TPSA) is 57.6 Å². The first kappa shape index (κ1) is 14.4. The average Bonchev–Trinajstić information content (AvgIpc) is 2.73. The number of carboxylic acid groups (broad SMARTS) is 1. The molecule has 0 aromatic heterocycles. The minimum absolute atomic E-state index is 0.0665. The van der Waals surface area contributed by atoms with E-state index in [1.54, 1.807) is 0 Å². The fourth-order valence-corrected chi connectivity index (χ4v) is 3.64. The second-order valence-corrected chi connectivity index (χ2v) is 6.08. The van der Waals surface area contributed by atoms with Crippen molar-refractivity contribution in [1.29, 1.82) is 0 Å². The number of carboxylic acids is 1. The van der Waals surface area contributed by atoms with E-state index in [4.69, 9.17) is 0 Å². The summed E-state index contributed by atoms with van der Waals surface area (Å²) >= 11 is 0. The van der Waals surface area contributed by atoms with Crippen molar-refractivity contribution in [2.75, 3.05) is 7.05 Å². The number of amides is 1. The molecule has 19 heavy (non-hydrogen) atoms. The van der Waals surface area contributed by atoms with Gasteiger partial charge in [-0.3, -0.25) is 9.59 Å². The van der Waals surface area contributed by atoms with Crippen LogP contribution < -0.4 is 0 Å². The van der Waals surface area contributed by atoms with Gasteiger partial charge in [0.05, 0.1) is 11.8 Å². The van der Waals surface area contributed by atoms with Gasteiger partial charge in [0.1, 0.15) is 0 Å². The van der Waals surface area contributed by atoms with Gasteiger partial charge in [-0.05, 0) is 25.7 Å². The Balaban J connectivity index is 1.99. The summed E-state index contributed by atoms with van der Waals surface area (Å²) in [6, 6.07) is 0.324. The summed E-state index contributed by atoms with van der Waals surface area (Å²) in [5.41, 5.74) is 0. The van der Waals surface area contributed by atoms with E-state index in [1.807, 2.05) is 11.9 Å². The minimum Gasteiger partial charge on any atom is -0.481 e. The van der Waals surface area contributed by atoms with Gasteiger partial charge in [0.2, 0.25) is 5.91 Å². The summed E-state index contributed by atoms with van der Waals surface area (Å²) in [5.74, 6) is -1.48. The molecule has 0 radical (unpaired) electrons. The van der Waals surface area contributed by atoms with Crippen molar-refractivity contribution in [3.8, 4) is 0 Å². The number of nitrogens with zero attached hydrogens (tertiary/aromatic N) is 1. The molecule has 0 unspecified atom stereocenters. The van der Waals surface area contributed by atoms with Gasteiger partial charge in [0.15, 0.2) is 0 Å². The van der Waals surface area contributed by atoms with Gasteiger partial charge in [-0.2, -0.15) is 0 Å². The molecule has 2 atom stereocenters. The summed E-state index contributed by atoms with van der Waals surface area (Å²) in [6.45, 7) is 0. The Bertz CT molecular complexity index is 334. The molecule has 2 rings (SSSR count). The first-order valence-electron chi connectivity index (χ1n) is 7.60. The van der Waals surface area contributed by atoms with Crippen LogP contribution in [0.2, 0.25) is 0 Å². The summed E-state index contributed by atoms with van der Waals surface area (Å²) in [4.78, 5) is 25.6. The highest BCUT2D eigenvalue weighted by Gasteiger charge is 2.40. The highest BCUT2D eigenvalue weighted by atomic mass is 16.4. The molecule has 0 aliphatic heterocycles. The Kier molecular flexibility index (Phi) is 4.83. The van der Waals surface area contributed by atoms with E-state index >= 15 is 0 Å². The molecular weight excluding hydrogens is 242 g/mol. The predicted octanol–water partition coefficient (Wildman–Crippen LogP) is 2.67. The first-order valence-corrected chi connectivity index (χ1v) is 7.60. The van der Waals surface area contributed by atoms with Crippen molar-refractivity contribution >= 4 is 11.9 Å². The molecule has 1 N–H and O–H groups in total. The maximum atomic E-state index is 12.5. The third kappa shape index (κ3) is 3.28. The molecule has 4 nitrogen and oxygen atoms in total. The number of carbonyl (C=O) groups excluding carboxylic acids is 1. The van der Waals surface area contributed by atoms with Gasteiger partial charge >= 0.3 is 5.97 Å². The van der Waals surface area contributed by atoms with Crippen molar-refractivity contribution in [2.45, 2.75) is 63.8 Å². The molecule has 2 aliphatic carbocycles. The predicted molar refractivity (Wildman–Crippen MR) is 72.7 cm³/mol. The Morgan fingerprint density at radius 1 is 0.895 bits per heavy atom. The zero-order valence-corrected chi connectivity index (χ0v) is 11.8. The largest absolute Gasteiger partial charge is 0.481 e. The van der Waals surface area contributed by atoms with Gasteiger partial charge < -0.3 is 10.0 Å². The summed E-state index contributed by atoms with van der Waals surface area (Å²) < 4.78 is 0. The van der Waals surface area contributed by atoms with Crippen LogP contribution in [-0.2, 0) is 9.59 Å². The van der Waals surface area contributed by atoms with Gasteiger partial charge in [-0.25, -0.2) is 0 Å². The van der Waals surface area contributed by atoms with Crippen LogP contribution in [-0.4, -0.2) is 35.0 Å². The Hall–Kier alpha value is -1.06. The minimum atomic E-state index is -0.801. The van der Waals surface area contributed by atoms with Crippen LogP contribution in [0.1, 0.15) is 57.8 Å². The molecule has 4 heteroatoms. The number of rotatable bonds is 3. The molecule has 1 amide bonds. The molecule has 2 fully saturated rings. The van der Waals surface area contributed by atoms with Gasteiger partial charge in [0, 0.05) is 13.1 Å². The van der Waals surface area contributed by atoms with Crippen LogP contribution in [0, 0.1) is 11.8 Å². The maximum absolute atomic E-state index is 12.5. The maximum Gasteiger partial charge on any atom is 0.307 e. The normalized spacial score (nSPS) is 28.9. The Morgan fingerprint density at radius 2 is 1.47 bits per heavy atom. The van der Waals surface area contributed by atoms with E-state index in [0.717, 1.165) is 25.7 Å². The van der Waals surface area contributed by atoms with Crippen LogP contribution in [0.25, 0.3) is 0 Å². The zero-order chi connectivity index (χ0) is 13.8. The molecule has 0 bridgehead atoms. The fraction of sp³-hybridized carbons (Fsp3) is 0.867. The zero-order valence-electron chi connectivity index (χ0n) is 11.8. The Morgan fingerprint density at radius 3 is 2.05 bits per heavy atom. The highest BCUT2D eigenvalue weighted by Crippen LogP contribution is 2.34. The molecule has 2 aliphatic rings. The standard InChI is InChI=1S/C15H25NO3/c1-16(11-7-4-2-3-5-8-11)14(17)12-9-6-10-13(12)15(18)19/h11-13H,2-10H2,1H3,(H,18,19)/t12-,13+/m1/s1. The van der Waals surface area contributed by atoms with Gasteiger partial charge in [0.25, 0.3) is 0 Å². The molecule has 2 saturated carbocycles. The van der Waals surface area contributed by atoms with E-state index < -0.39 is 11.9 Å². The van der Waals surface area contributed by atoms with E-state index in [2.05, 4.69) is 0 Å². The average molecular weight is 267 g/mol. The van der Waals surface area contributed by atoms with E-state index in [-0.39, 0.29) is 11.8 Å². The van der Waals surface area contributed by atoms with Crippen LogP contribution >= 0.6 is 0 Å². The third-order valence-corrected chi connectivity index (χ3v) is 4.87. The van der Waals surface area contributed by atoms with Crippen LogP contribution in [0.5, 0.6) is 0 Å². The molecular formula is C15H25NO3. The van der Waals surface area contributed by atoms with Crippen LogP contribution in [0.4, 0.5) is 0 Å². The van der Waals surface area contributed by atoms with Crippen LogP contribution in [0.15, 0.2) is 0 Å².